The summed E-state index contributed by atoms with van der Waals surface area (Å²) in [6, 6.07) is 13.8. The van der Waals surface area contributed by atoms with Crippen LogP contribution in [0.2, 0.25) is 0 Å². The molecule has 13 nitrogen and oxygen atoms in total. The van der Waals surface area contributed by atoms with Crippen molar-refractivity contribution in [2.24, 2.45) is 0 Å². The van der Waals surface area contributed by atoms with Gasteiger partial charge in [0.1, 0.15) is 18.1 Å². The van der Waals surface area contributed by atoms with E-state index < -0.39 is 59.7 Å². The summed E-state index contributed by atoms with van der Waals surface area (Å²) in [5, 5.41) is 25.5. The second kappa shape index (κ2) is 18.6. The molecule has 0 radical (unpaired) electrons. The topological polar surface area (TPSA) is 186 Å². The molecule has 1 unspecified atom stereocenters. The number of hydrogen-bond donors (Lipinski definition) is 6. The van der Waals surface area contributed by atoms with Gasteiger partial charge in [0.05, 0.1) is 0 Å². The fraction of sp³-hybridized carbons (Fsp3) is 0.389. The molecule has 0 spiro atoms. The quantitative estimate of drug-likeness (QED) is 0.137. The summed E-state index contributed by atoms with van der Waals surface area (Å²) >= 11 is 1.42. The zero-order valence-corrected chi connectivity index (χ0v) is 29.0. The Bertz CT molecular complexity index is 1620. The Morgan fingerprint density at radius 1 is 0.740 bits per heavy atom. The van der Waals surface area contributed by atoms with Gasteiger partial charge in [-0.3, -0.25) is 24.0 Å². The predicted octanol–water partition coefficient (Wildman–Crippen LogP) is 2.39. The van der Waals surface area contributed by atoms with Crippen LogP contribution in [0.25, 0.3) is 0 Å². The minimum absolute atomic E-state index is 0.0497. The SMILES string of the molecule is CN(C)CCCC[C@@H]1NC(=O)[C@@H](Cc2cccs2)NC(=O)CCC(=O)Nc2ccc(cc2)C(C(=O)O)NC(=O)[C@@H](Cc2ccccc2)NC1=O. The van der Waals surface area contributed by atoms with Crippen molar-refractivity contribution >= 4 is 52.5 Å². The molecule has 50 heavy (non-hydrogen) atoms. The zero-order valence-electron chi connectivity index (χ0n) is 28.1. The minimum atomic E-state index is -1.46. The first-order chi connectivity index (χ1) is 24.0. The van der Waals surface area contributed by atoms with Gasteiger partial charge in [-0.25, -0.2) is 4.79 Å². The number of nitrogens with zero attached hydrogens (tertiary/aromatic N) is 1. The van der Waals surface area contributed by atoms with Gasteiger partial charge in [-0.1, -0.05) is 48.5 Å². The number of hydrogen-bond acceptors (Lipinski definition) is 8. The van der Waals surface area contributed by atoms with Gasteiger partial charge >= 0.3 is 5.97 Å². The third kappa shape index (κ3) is 11.8. The van der Waals surface area contributed by atoms with Crippen LogP contribution in [-0.4, -0.2) is 84.3 Å². The Labute approximate surface area is 295 Å². The number of carboxylic acid groups (broad SMARTS) is 1. The summed E-state index contributed by atoms with van der Waals surface area (Å²) in [6.07, 6.45) is 1.40. The lowest BCUT2D eigenvalue weighted by atomic mass is 10.0. The molecule has 5 rings (SSSR count). The molecule has 0 fully saturated rings. The molecule has 2 aromatic carbocycles. The number of anilines is 1. The number of amides is 5. The van der Waals surface area contributed by atoms with Crippen LogP contribution in [0.5, 0.6) is 0 Å². The lowest BCUT2D eigenvalue weighted by molar-refractivity contribution is -0.142. The van der Waals surface area contributed by atoms with E-state index in [1.54, 1.807) is 24.3 Å². The van der Waals surface area contributed by atoms with Crippen LogP contribution in [0.15, 0.2) is 72.1 Å². The average Bonchev–Trinajstić information content (AvgIpc) is 3.60. The largest absolute Gasteiger partial charge is 0.479 e. The Hall–Kier alpha value is -5.08. The van der Waals surface area contributed by atoms with E-state index in [1.807, 2.05) is 42.6 Å². The maximum atomic E-state index is 14.0. The number of nitrogens with one attached hydrogen (secondary N) is 5. The van der Waals surface area contributed by atoms with Gasteiger partial charge in [0, 0.05) is 36.2 Å². The molecular weight excluding hydrogens is 660 g/mol. The molecule has 2 bridgehead atoms. The zero-order chi connectivity index (χ0) is 36.0. The maximum absolute atomic E-state index is 14.0. The first-order valence-electron chi connectivity index (χ1n) is 16.5. The number of unbranched alkanes of at least 4 members (excludes halogenated alkanes) is 1. The highest BCUT2D eigenvalue weighted by molar-refractivity contribution is 7.09. The van der Waals surface area contributed by atoms with E-state index in [2.05, 4.69) is 26.6 Å². The molecule has 1 aromatic heterocycles. The Morgan fingerprint density at radius 3 is 2.04 bits per heavy atom. The third-order valence-corrected chi connectivity index (χ3v) is 9.07. The highest BCUT2D eigenvalue weighted by atomic mass is 32.1. The number of aliphatic carboxylic acids is 1. The van der Waals surface area contributed by atoms with Gasteiger partial charge in [0.2, 0.25) is 29.5 Å². The van der Waals surface area contributed by atoms with Gasteiger partial charge in [-0.05, 0) is 74.6 Å². The van der Waals surface area contributed by atoms with Crippen molar-refractivity contribution in [3.05, 3.63) is 88.1 Å². The fourth-order valence-electron chi connectivity index (χ4n) is 5.49. The van der Waals surface area contributed by atoms with E-state index in [1.165, 1.54) is 35.6 Å². The summed E-state index contributed by atoms with van der Waals surface area (Å²) in [6.45, 7) is 0.753. The summed E-state index contributed by atoms with van der Waals surface area (Å²) in [5.41, 5.74) is 1.33. The Kier molecular flexibility index (Phi) is 14.1. The molecule has 266 valence electrons. The number of carbonyl (C=O) groups is 6. The first kappa shape index (κ1) is 37.7. The lowest BCUT2D eigenvalue weighted by Crippen LogP contribution is -2.57. The van der Waals surface area contributed by atoms with E-state index >= 15 is 0 Å². The number of carboxylic acids is 1. The van der Waals surface area contributed by atoms with Crippen LogP contribution >= 0.6 is 11.3 Å². The number of benzene rings is 2. The number of carbonyl (C=O) groups excluding carboxylic acids is 5. The molecular formula is C36H44N6O7S. The van der Waals surface area contributed by atoms with E-state index in [0.717, 1.165) is 23.4 Å². The van der Waals surface area contributed by atoms with Crippen LogP contribution < -0.4 is 26.6 Å². The molecule has 0 saturated carbocycles. The van der Waals surface area contributed by atoms with Gasteiger partial charge in [0.25, 0.3) is 0 Å². The molecule has 4 atom stereocenters. The second-order valence-electron chi connectivity index (χ2n) is 12.5. The first-order valence-corrected chi connectivity index (χ1v) is 17.4. The van der Waals surface area contributed by atoms with Crippen LogP contribution in [-0.2, 0) is 41.6 Å². The van der Waals surface area contributed by atoms with Crippen LogP contribution in [0.1, 0.15) is 54.1 Å². The van der Waals surface area contributed by atoms with Crippen LogP contribution in [0.3, 0.4) is 0 Å². The second-order valence-corrected chi connectivity index (χ2v) is 13.5. The maximum Gasteiger partial charge on any atom is 0.330 e. The number of fused-ring (bicyclic) bond motifs is 17. The molecule has 0 aliphatic carbocycles. The lowest BCUT2D eigenvalue weighted by Gasteiger charge is -2.26. The molecule has 6 N–H and O–H groups in total. The molecule has 3 heterocycles. The van der Waals surface area contributed by atoms with E-state index in [0.29, 0.717) is 12.1 Å². The van der Waals surface area contributed by atoms with Crippen molar-refractivity contribution < 1.29 is 33.9 Å². The highest BCUT2D eigenvalue weighted by Crippen LogP contribution is 2.19. The predicted molar refractivity (Wildman–Crippen MR) is 189 cm³/mol. The van der Waals surface area contributed by atoms with Crippen molar-refractivity contribution in [2.75, 3.05) is 26.0 Å². The summed E-state index contributed by atoms with van der Waals surface area (Å²) in [5.74, 6) is -4.24. The van der Waals surface area contributed by atoms with Crippen LogP contribution in [0, 0.1) is 0 Å². The molecule has 14 heteroatoms. The Balaban J connectivity index is 1.69. The van der Waals surface area contributed by atoms with E-state index in [9.17, 15) is 33.9 Å². The van der Waals surface area contributed by atoms with Gasteiger partial charge in [0.15, 0.2) is 6.04 Å². The smallest absolute Gasteiger partial charge is 0.330 e. The summed E-state index contributed by atoms with van der Waals surface area (Å²) in [4.78, 5) is 82.5. The standard InChI is InChI=1S/C36H44N6O7S/c1-42(2)19-7-6-12-27-33(45)40-28(21-23-9-4-3-5-10-23)35(47)41-32(36(48)49)24-13-15-25(16-14-24)37-30(43)17-18-31(44)38-29(34(46)39-27)22-26-11-8-20-50-26/h3-5,8-11,13-16,20,27-29,32H,6-7,12,17-19,21-22H2,1-2H3,(H,37,43)(H,38,44)(H,39,46)(H,40,45)(H,41,47)(H,48,49)/t27-,28+,29+,32?/m0/s1. The normalized spacial score (nSPS) is 21.1. The third-order valence-electron chi connectivity index (χ3n) is 8.17. The monoisotopic (exact) mass is 704 g/mol. The van der Waals surface area contributed by atoms with Crippen LogP contribution in [0.4, 0.5) is 5.69 Å². The minimum Gasteiger partial charge on any atom is -0.479 e. The number of rotatable bonds is 10. The van der Waals surface area contributed by atoms with Crippen molar-refractivity contribution in [3.8, 4) is 0 Å². The van der Waals surface area contributed by atoms with Gasteiger partial charge in [-0.15, -0.1) is 11.3 Å². The van der Waals surface area contributed by atoms with Crippen molar-refractivity contribution in [1.82, 2.24) is 26.2 Å². The van der Waals surface area contributed by atoms with Gasteiger partial charge < -0.3 is 36.6 Å². The van der Waals surface area contributed by atoms with Crippen molar-refractivity contribution in [3.63, 3.8) is 0 Å². The average molecular weight is 705 g/mol. The van der Waals surface area contributed by atoms with Crippen molar-refractivity contribution in [2.45, 2.75) is 69.1 Å². The molecule has 3 aromatic rings. The number of thiophene rings is 1. The summed E-state index contributed by atoms with van der Waals surface area (Å²) in [7, 11) is 3.86. The Morgan fingerprint density at radius 2 is 1.38 bits per heavy atom. The highest BCUT2D eigenvalue weighted by Gasteiger charge is 2.32. The van der Waals surface area contributed by atoms with Crippen molar-refractivity contribution in [1.29, 1.82) is 0 Å². The van der Waals surface area contributed by atoms with Gasteiger partial charge in [-0.2, -0.15) is 0 Å². The fourth-order valence-corrected chi connectivity index (χ4v) is 6.25. The molecule has 2 aliphatic heterocycles. The molecule has 0 saturated heterocycles. The summed E-state index contributed by atoms with van der Waals surface area (Å²) < 4.78 is 0. The van der Waals surface area contributed by atoms with E-state index in [4.69, 9.17) is 0 Å². The molecule has 5 amide bonds. The van der Waals surface area contributed by atoms with E-state index in [-0.39, 0.29) is 37.7 Å². The molecule has 2 aliphatic rings.